The summed E-state index contributed by atoms with van der Waals surface area (Å²) in [6, 6.07) is 0.656. The molecule has 3 heteroatoms. The van der Waals surface area contributed by atoms with Crippen molar-refractivity contribution in [2.45, 2.75) is 64.0 Å². The van der Waals surface area contributed by atoms with Gasteiger partial charge in [-0.2, -0.15) is 0 Å². The standard InChI is InChI=1S/C13H27NO2/c1-3-9-16-10-5-8-13(4-2,11-15)14-12-6-7-12/h12,14-15H,3-11H2,1-2H3. The quantitative estimate of drug-likeness (QED) is 0.564. The number of nitrogens with one attached hydrogen (secondary N) is 1. The molecule has 3 nitrogen and oxygen atoms in total. The minimum Gasteiger partial charge on any atom is -0.394 e. The zero-order chi connectivity index (χ0) is 11.9. The van der Waals surface area contributed by atoms with Gasteiger partial charge in [-0.1, -0.05) is 13.8 Å². The molecule has 2 N–H and O–H groups in total. The molecule has 0 aromatic carbocycles. The molecule has 1 rings (SSSR count). The molecule has 0 aromatic heterocycles. The van der Waals surface area contributed by atoms with Gasteiger partial charge < -0.3 is 15.2 Å². The molecule has 1 aliphatic rings. The normalized spacial score (nSPS) is 19.7. The van der Waals surface area contributed by atoms with E-state index >= 15 is 0 Å². The molecule has 0 saturated heterocycles. The van der Waals surface area contributed by atoms with Gasteiger partial charge in [0.1, 0.15) is 0 Å². The first-order valence-electron chi connectivity index (χ1n) is 6.72. The van der Waals surface area contributed by atoms with Gasteiger partial charge in [-0.05, 0) is 38.5 Å². The Labute approximate surface area is 99.6 Å². The zero-order valence-electron chi connectivity index (χ0n) is 10.8. The van der Waals surface area contributed by atoms with Crippen LogP contribution < -0.4 is 5.32 Å². The third-order valence-corrected chi connectivity index (χ3v) is 3.36. The predicted octanol–water partition coefficient (Wildman–Crippen LogP) is 2.09. The molecule has 0 radical (unpaired) electrons. The van der Waals surface area contributed by atoms with Crippen LogP contribution in [-0.4, -0.2) is 36.5 Å². The minimum atomic E-state index is -0.0588. The fraction of sp³-hybridized carbons (Fsp3) is 1.00. The lowest BCUT2D eigenvalue weighted by molar-refractivity contribution is 0.102. The molecular weight excluding hydrogens is 202 g/mol. The van der Waals surface area contributed by atoms with Crippen molar-refractivity contribution in [2.75, 3.05) is 19.8 Å². The van der Waals surface area contributed by atoms with E-state index in [9.17, 15) is 5.11 Å². The average molecular weight is 229 g/mol. The van der Waals surface area contributed by atoms with Gasteiger partial charge in [0, 0.05) is 24.8 Å². The van der Waals surface area contributed by atoms with Crippen molar-refractivity contribution in [3.05, 3.63) is 0 Å². The third kappa shape index (κ3) is 4.81. The summed E-state index contributed by atoms with van der Waals surface area (Å²) in [4.78, 5) is 0. The molecule has 16 heavy (non-hydrogen) atoms. The molecule has 1 saturated carbocycles. The number of hydrogen-bond acceptors (Lipinski definition) is 3. The summed E-state index contributed by atoms with van der Waals surface area (Å²) in [6.45, 7) is 6.20. The monoisotopic (exact) mass is 229 g/mol. The van der Waals surface area contributed by atoms with Crippen LogP contribution in [-0.2, 0) is 4.74 Å². The van der Waals surface area contributed by atoms with E-state index < -0.39 is 0 Å². The summed E-state index contributed by atoms with van der Waals surface area (Å²) in [5.41, 5.74) is -0.0588. The van der Waals surface area contributed by atoms with Crippen molar-refractivity contribution in [1.82, 2.24) is 5.32 Å². The Morgan fingerprint density at radius 3 is 2.56 bits per heavy atom. The van der Waals surface area contributed by atoms with Crippen LogP contribution in [0.5, 0.6) is 0 Å². The largest absolute Gasteiger partial charge is 0.394 e. The smallest absolute Gasteiger partial charge is 0.0613 e. The van der Waals surface area contributed by atoms with E-state index in [1.807, 2.05) is 0 Å². The molecule has 1 atom stereocenters. The Kier molecular flexibility index (Phi) is 6.32. The van der Waals surface area contributed by atoms with Gasteiger partial charge in [-0.15, -0.1) is 0 Å². The molecule has 0 heterocycles. The first-order valence-corrected chi connectivity index (χ1v) is 6.72. The molecule has 0 amide bonds. The van der Waals surface area contributed by atoms with Crippen molar-refractivity contribution < 1.29 is 9.84 Å². The van der Waals surface area contributed by atoms with Gasteiger partial charge in [0.2, 0.25) is 0 Å². The number of ether oxygens (including phenoxy) is 1. The average Bonchev–Trinajstić information content (AvgIpc) is 3.11. The highest BCUT2D eigenvalue weighted by Crippen LogP contribution is 2.26. The lowest BCUT2D eigenvalue weighted by Gasteiger charge is -2.32. The Hall–Kier alpha value is -0.120. The summed E-state index contributed by atoms with van der Waals surface area (Å²) in [6.07, 6.45) is 6.67. The van der Waals surface area contributed by atoms with Crippen LogP contribution in [0.1, 0.15) is 52.4 Å². The summed E-state index contributed by atoms with van der Waals surface area (Å²) in [5, 5.41) is 13.1. The van der Waals surface area contributed by atoms with Crippen LogP contribution >= 0.6 is 0 Å². The van der Waals surface area contributed by atoms with Gasteiger partial charge >= 0.3 is 0 Å². The van der Waals surface area contributed by atoms with E-state index in [1.165, 1.54) is 12.8 Å². The van der Waals surface area contributed by atoms with Crippen LogP contribution in [0.15, 0.2) is 0 Å². The molecular formula is C13H27NO2. The van der Waals surface area contributed by atoms with E-state index in [0.717, 1.165) is 38.9 Å². The Morgan fingerprint density at radius 1 is 1.31 bits per heavy atom. The highest BCUT2D eigenvalue weighted by molar-refractivity contribution is 4.94. The van der Waals surface area contributed by atoms with Crippen molar-refractivity contribution >= 4 is 0 Å². The zero-order valence-corrected chi connectivity index (χ0v) is 10.8. The van der Waals surface area contributed by atoms with Crippen molar-refractivity contribution in [3.8, 4) is 0 Å². The summed E-state index contributed by atoms with van der Waals surface area (Å²) in [5.74, 6) is 0. The molecule has 1 aliphatic carbocycles. The highest BCUT2D eigenvalue weighted by Gasteiger charge is 2.33. The lowest BCUT2D eigenvalue weighted by Crippen LogP contribution is -2.49. The van der Waals surface area contributed by atoms with Crippen LogP contribution in [0.4, 0.5) is 0 Å². The number of rotatable bonds is 10. The van der Waals surface area contributed by atoms with Crippen molar-refractivity contribution in [3.63, 3.8) is 0 Å². The fourth-order valence-electron chi connectivity index (χ4n) is 2.01. The highest BCUT2D eigenvalue weighted by atomic mass is 16.5. The van der Waals surface area contributed by atoms with Gasteiger partial charge in [0.15, 0.2) is 0 Å². The summed E-state index contributed by atoms with van der Waals surface area (Å²) < 4.78 is 5.48. The molecule has 0 aliphatic heterocycles. The van der Waals surface area contributed by atoms with E-state index in [-0.39, 0.29) is 12.1 Å². The van der Waals surface area contributed by atoms with Gasteiger partial charge in [-0.25, -0.2) is 0 Å². The first-order chi connectivity index (χ1) is 7.76. The van der Waals surface area contributed by atoms with Crippen molar-refractivity contribution in [1.29, 1.82) is 0 Å². The Bertz CT molecular complexity index is 177. The second-order valence-corrected chi connectivity index (χ2v) is 4.93. The molecule has 0 aromatic rings. The van der Waals surface area contributed by atoms with Crippen molar-refractivity contribution in [2.24, 2.45) is 0 Å². The maximum Gasteiger partial charge on any atom is 0.0613 e. The third-order valence-electron chi connectivity index (χ3n) is 3.36. The molecule has 0 spiro atoms. The van der Waals surface area contributed by atoms with E-state index in [1.54, 1.807) is 0 Å². The van der Waals surface area contributed by atoms with Gasteiger partial charge in [0.25, 0.3) is 0 Å². The topological polar surface area (TPSA) is 41.5 Å². The summed E-state index contributed by atoms with van der Waals surface area (Å²) in [7, 11) is 0. The van der Waals surface area contributed by atoms with E-state index in [0.29, 0.717) is 6.04 Å². The minimum absolute atomic E-state index is 0.0588. The first kappa shape index (κ1) is 13.9. The molecule has 96 valence electrons. The van der Waals surface area contributed by atoms with Gasteiger partial charge in [-0.3, -0.25) is 0 Å². The molecule has 1 unspecified atom stereocenters. The van der Waals surface area contributed by atoms with Crippen LogP contribution in [0.25, 0.3) is 0 Å². The lowest BCUT2D eigenvalue weighted by atomic mass is 9.91. The SMILES string of the molecule is CCCOCCCC(CC)(CO)NC1CC1. The number of hydrogen-bond donors (Lipinski definition) is 2. The Balaban J connectivity index is 2.20. The van der Waals surface area contributed by atoms with E-state index in [2.05, 4.69) is 19.2 Å². The van der Waals surface area contributed by atoms with Crippen LogP contribution in [0.3, 0.4) is 0 Å². The van der Waals surface area contributed by atoms with Crippen LogP contribution in [0, 0.1) is 0 Å². The number of aliphatic hydroxyl groups is 1. The number of aliphatic hydroxyl groups excluding tert-OH is 1. The van der Waals surface area contributed by atoms with E-state index in [4.69, 9.17) is 4.74 Å². The molecule has 1 fully saturated rings. The second-order valence-electron chi connectivity index (χ2n) is 4.93. The van der Waals surface area contributed by atoms with Gasteiger partial charge in [0.05, 0.1) is 6.61 Å². The van der Waals surface area contributed by atoms with Crippen LogP contribution in [0.2, 0.25) is 0 Å². The Morgan fingerprint density at radius 2 is 2.06 bits per heavy atom. The fourth-order valence-corrected chi connectivity index (χ4v) is 2.01. The predicted molar refractivity (Wildman–Crippen MR) is 66.6 cm³/mol. The second kappa shape index (κ2) is 7.25. The maximum atomic E-state index is 9.55. The molecule has 0 bridgehead atoms. The maximum absolute atomic E-state index is 9.55. The summed E-state index contributed by atoms with van der Waals surface area (Å²) >= 11 is 0.